The lowest BCUT2D eigenvalue weighted by Crippen LogP contribution is -2.52. The molecular weight excluding hydrogens is 394 g/mol. The first kappa shape index (κ1) is 21.3. The van der Waals surface area contributed by atoms with Gasteiger partial charge >= 0.3 is 0 Å². The molecule has 0 radical (unpaired) electrons. The van der Waals surface area contributed by atoms with Crippen molar-refractivity contribution in [3.05, 3.63) is 59.7 Å². The van der Waals surface area contributed by atoms with Gasteiger partial charge in [-0.3, -0.25) is 9.48 Å². The van der Waals surface area contributed by atoms with Gasteiger partial charge in [-0.2, -0.15) is 0 Å². The van der Waals surface area contributed by atoms with Gasteiger partial charge in [-0.05, 0) is 37.1 Å². The van der Waals surface area contributed by atoms with E-state index in [1.54, 1.807) is 25.9 Å². The third-order valence-electron chi connectivity index (χ3n) is 5.43. The minimum Gasteiger partial charge on any atom is -0.460 e. The van der Waals surface area contributed by atoms with Crippen LogP contribution in [0, 0.1) is 0 Å². The minimum absolute atomic E-state index is 0.0606. The summed E-state index contributed by atoms with van der Waals surface area (Å²) in [7, 11) is 1.67. The van der Waals surface area contributed by atoms with Crippen molar-refractivity contribution in [2.45, 2.75) is 32.6 Å². The van der Waals surface area contributed by atoms with Crippen molar-refractivity contribution in [3.63, 3.8) is 0 Å². The Morgan fingerprint density at radius 3 is 2.55 bits per heavy atom. The molecule has 164 valence electrons. The van der Waals surface area contributed by atoms with Crippen LogP contribution in [0.25, 0.3) is 10.9 Å². The standard InChI is InChI=1S/C24H29N3O4/c1-24(2,23(28)26-11-13-30-14-12-26)31-22-20-15-19(17-29-3)9-10-21(20)27(25-22)16-18-7-5-4-6-8-18/h4-10,15H,11-14,16-17H2,1-3H3. The molecule has 1 amide bonds. The summed E-state index contributed by atoms with van der Waals surface area (Å²) in [5.41, 5.74) is 2.07. The monoisotopic (exact) mass is 423 g/mol. The molecule has 0 spiro atoms. The number of benzene rings is 2. The van der Waals surface area contributed by atoms with Crippen LogP contribution in [0.2, 0.25) is 0 Å². The van der Waals surface area contributed by atoms with E-state index in [0.717, 1.165) is 22.0 Å². The highest BCUT2D eigenvalue weighted by Crippen LogP contribution is 2.30. The highest BCUT2D eigenvalue weighted by molar-refractivity contribution is 5.88. The molecule has 1 aliphatic heterocycles. The van der Waals surface area contributed by atoms with E-state index in [1.807, 2.05) is 41.1 Å². The number of amides is 1. The normalized spacial score (nSPS) is 14.7. The Balaban J connectivity index is 1.67. The predicted molar refractivity (Wildman–Crippen MR) is 118 cm³/mol. The van der Waals surface area contributed by atoms with E-state index in [9.17, 15) is 4.79 Å². The van der Waals surface area contributed by atoms with Crippen LogP contribution >= 0.6 is 0 Å². The van der Waals surface area contributed by atoms with Crippen molar-refractivity contribution in [3.8, 4) is 5.88 Å². The van der Waals surface area contributed by atoms with Crippen LogP contribution in [0.15, 0.2) is 48.5 Å². The Bertz CT molecular complexity index is 1040. The Morgan fingerprint density at radius 1 is 1.10 bits per heavy atom. The highest BCUT2D eigenvalue weighted by Gasteiger charge is 2.36. The molecule has 31 heavy (non-hydrogen) atoms. The second kappa shape index (κ2) is 9.08. The maximum Gasteiger partial charge on any atom is 0.266 e. The average Bonchev–Trinajstić information content (AvgIpc) is 3.10. The molecule has 2 aromatic carbocycles. The molecule has 1 aliphatic rings. The SMILES string of the molecule is COCc1ccc2c(c1)c(OC(C)(C)C(=O)N1CCOCC1)nn2Cc1ccccc1. The van der Waals surface area contributed by atoms with Crippen molar-refractivity contribution in [2.24, 2.45) is 0 Å². The Labute approximate surface area is 182 Å². The Kier molecular flexibility index (Phi) is 6.25. The fourth-order valence-corrected chi connectivity index (χ4v) is 3.84. The van der Waals surface area contributed by atoms with Gasteiger partial charge in [-0.1, -0.05) is 36.4 Å². The third kappa shape index (κ3) is 4.73. The molecule has 1 saturated heterocycles. The van der Waals surface area contributed by atoms with Gasteiger partial charge in [-0.25, -0.2) is 0 Å². The maximum atomic E-state index is 13.1. The van der Waals surface area contributed by atoms with Crippen LogP contribution in [-0.2, 0) is 27.4 Å². The van der Waals surface area contributed by atoms with E-state index >= 15 is 0 Å². The van der Waals surface area contributed by atoms with E-state index in [1.165, 1.54) is 0 Å². The van der Waals surface area contributed by atoms with Crippen molar-refractivity contribution in [1.82, 2.24) is 14.7 Å². The van der Waals surface area contributed by atoms with Crippen LogP contribution in [0.5, 0.6) is 5.88 Å². The number of ether oxygens (including phenoxy) is 3. The smallest absolute Gasteiger partial charge is 0.266 e. The number of rotatable bonds is 7. The summed E-state index contributed by atoms with van der Waals surface area (Å²) in [5, 5.41) is 5.63. The van der Waals surface area contributed by atoms with Crippen LogP contribution in [0.1, 0.15) is 25.0 Å². The Hall–Kier alpha value is -2.90. The molecule has 7 heteroatoms. The van der Waals surface area contributed by atoms with Gasteiger partial charge in [0, 0.05) is 20.2 Å². The number of carbonyl (C=O) groups excluding carboxylic acids is 1. The summed E-state index contributed by atoms with van der Waals surface area (Å²) in [5.74, 6) is 0.394. The lowest BCUT2D eigenvalue weighted by molar-refractivity contribution is -0.149. The molecule has 0 bridgehead atoms. The molecule has 0 aliphatic carbocycles. The number of methoxy groups -OCH3 is 1. The third-order valence-corrected chi connectivity index (χ3v) is 5.43. The van der Waals surface area contributed by atoms with Crippen molar-refractivity contribution >= 4 is 16.8 Å². The topological polar surface area (TPSA) is 65.8 Å². The molecule has 3 aromatic rings. The van der Waals surface area contributed by atoms with E-state index < -0.39 is 5.60 Å². The number of nitrogens with zero attached hydrogens (tertiary/aromatic N) is 3. The van der Waals surface area contributed by atoms with Crippen molar-refractivity contribution in [1.29, 1.82) is 0 Å². The van der Waals surface area contributed by atoms with Crippen LogP contribution < -0.4 is 4.74 Å². The number of morpholine rings is 1. The minimum atomic E-state index is -1.05. The first-order valence-electron chi connectivity index (χ1n) is 10.6. The van der Waals surface area contributed by atoms with Gasteiger partial charge in [0.15, 0.2) is 5.60 Å². The van der Waals surface area contributed by atoms with E-state index in [2.05, 4.69) is 12.1 Å². The summed E-state index contributed by atoms with van der Waals surface area (Å²) in [6, 6.07) is 16.2. The number of aromatic nitrogens is 2. The lowest BCUT2D eigenvalue weighted by Gasteiger charge is -2.33. The summed E-state index contributed by atoms with van der Waals surface area (Å²) >= 11 is 0. The van der Waals surface area contributed by atoms with Gasteiger partial charge in [-0.15, -0.1) is 5.10 Å². The zero-order valence-electron chi connectivity index (χ0n) is 18.3. The summed E-state index contributed by atoms with van der Waals surface area (Å²) in [6.07, 6.45) is 0. The van der Waals surface area contributed by atoms with Gasteiger partial charge in [0.25, 0.3) is 5.91 Å². The summed E-state index contributed by atoms with van der Waals surface area (Å²) in [4.78, 5) is 14.9. The van der Waals surface area contributed by atoms with Gasteiger partial charge in [0.05, 0.1) is 37.3 Å². The second-order valence-corrected chi connectivity index (χ2v) is 8.25. The molecule has 0 saturated carbocycles. The largest absolute Gasteiger partial charge is 0.460 e. The van der Waals surface area contributed by atoms with Crippen molar-refractivity contribution in [2.75, 3.05) is 33.4 Å². The number of hydrogen-bond acceptors (Lipinski definition) is 5. The molecule has 0 N–H and O–H groups in total. The zero-order chi connectivity index (χ0) is 21.8. The van der Waals surface area contributed by atoms with Crippen LogP contribution in [0.3, 0.4) is 0 Å². The van der Waals surface area contributed by atoms with Gasteiger partial charge < -0.3 is 19.1 Å². The first-order valence-corrected chi connectivity index (χ1v) is 10.6. The molecular formula is C24H29N3O4. The quantitative estimate of drug-likeness (QED) is 0.584. The summed E-state index contributed by atoms with van der Waals surface area (Å²) in [6.45, 7) is 6.96. The molecule has 7 nitrogen and oxygen atoms in total. The first-order chi connectivity index (χ1) is 15.0. The van der Waals surface area contributed by atoms with Crippen LogP contribution in [0.4, 0.5) is 0 Å². The molecule has 1 fully saturated rings. The number of carbonyl (C=O) groups is 1. The number of hydrogen-bond donors (Lipinski definition) is 0. The van der Waals surface area contributed by atoms with Crippen molar-refractivity contribution < 1.29 is 19.0 Å². The average molecular weight is 424 g/mol. The van der Waals surface area contributed by atoms with Crippen LogP contribution in [-0.4, -0.2) is 59.6 Å². The predicted octanol–water partition coefficient (Wildman–Crippen LogP) is 3.25. The van der Waals surface area contributed by atoms with E-state index in [-0.39, 0.29) is 5.91 Å². The van der Waals surface area contributed by atoms with E-state index in [4.69, 9.17) is 19.3 Å². The van der Waals surface area contributed by atoms with E-state index in [0.29, 0.717) is 45.3 Å². The summed E-state index contributed by atoms with van der Waals surface area (Å²) < 4.78 is 18.9. The molecule has 4 rings (SSSR count). The molecule has 0 unspecified atom stereocenters. The number of fused-ring (bicyclic) bond motifs is 1. The second-order valence-electron chi connectivity index (χ2n) is 8.25. The molecule has 1 aromatic heterocycles. The highest BCUT2D eigenvalue weighted by atomic mass is 16.5. The zero-order valence-corrected chi connectivity index (χ0v) is 18.3. The molecule has 0 atom stereocenters. The fraction of sp³-hybridized carbons (Fsp3) is 0.417. The lowest BCUT2D eigenvalue weighted by atomic mass is 10.1. The maximum absolute atomic E-state index is 13.1. The van der Waals surface area contributed by atoms with Gasteiger partial charge in [0.2, 0.25) is 5.88 Å². The van der Waals surface area contributed by atoms with Gasteiger partial charge in [0.1, 0.15) is 0 Å². The fourth-order valence-electron chi connectivity index (χ4n) is 3.84. The Morgan fingerprint density at radius 2 is 1.84 bits per heavy atom. The molecule has 2 heterocycles.